The van der Waals surface area contributed by atoms with E-state index in [1.807, 2.05) is 6.92 Å². The summed E-state index contributed by atoms with van der Waals surface area (Å²) in [6, 6.07) is 4.26. The number of thiazole rings is 1. The molecule has 1 fully saturated rings. The molecule has 1 aromatic carbocycles. The normalized spacial score (nSPS) is 19.7. The second kappa shape index (κ2) is 9.94. The zero-order valence-corrected chi connectivity index (χ0v) is 21.5. The summed E-state index contributed by atoms with van der Waals surface area (Å²) in [5.41, 5.74) is 1.28. The molecule has 3 N–H and O–H groups in total. The van der Waals surface area contributed by atoms with E-state index in [4.69, 9.17) is 0 Å². The Balaban J connectivity index is 1.69. The molecule has 4 rings (SSSR count). The van der Waals surface area contributed by atoms with E-state index in [0.29, 0.717) is 53.2 Å². The Morgan fingerprint density at radius 3 is 2.53 bits per heavy atom. The topological polar surface area (TPSA) is 113 Å². The van der Waals surface area contributed by atoms with E-state index in [-0.39, 0.29) is 17.1 Å². The molecule has 3 aromatic rings. The lowest BCUT2D eigenvalue weighted by molar-refractivity contribution is -0.119. The van der Waals surface area contributed by atoms with Crippen molar-refractivity contribution in [1.29, 1.82) is 0 Å². The van der Waals surface area contributed by atoms with E-state index in [1.165, 1.54) is 34.1 Å². The maximum Gasteiger partial charge on any atom is 0.294 e. The molecule has 190 valence electrons. The van der Waals surface area contributed by atoms with Crippen LogP contribution in [0.1, 0.15) is 64.6 Å². The summed E-state index contributed by atoms with van der Waals surface area (Å²) < 4.78 is 15.2. The molecular formula is C26H29FN4O4S. The number of Topliss-reactive ketones (excluding diaryl/α,β-unsaturated/α-hetero) is 1. The summed E-state index contributed by atoms with van der Waals surface area (Å²) in [7, 11) is 1.63. The third-order valence-corrected chi connectivity index (χ3v) is 7.59. The van der Waals surface area contributed by atoms with Crippen LogP contribution in [0.3, 0.4) is 0 Å². The molecule has 1 saturated carbocycles. The lowest BCUT2D eigenvalue weighted by Crippen LogP contribution is -2.51. The molecule has 2 aromatic heterocycles. The largest absolute Gasteiger partial charge is 0.393 e. The molecule has 0 spiro atoms. The molecule has 1 aliphatic carbocycles. The molecule has 0 atom stereocenters. The highest BCUT2D eigenvalue weighted by Crippen LogP contribution is 2.34. The summed E-state index contributed by atoms with van der Waals surface area (Å²) in [6.07, 6.45) is 3.43. The van der Waals surface area contributed by atoms with E-state index >= 15 is 0 Å². The van der Waals surface area contributed by atoms with Crippen LogP contribution in [-0.4, -0.2) is 43.9 Å². The number of aliphatic hydroxyl groups is 1. The van der Waals surface area contributed by atoms with Gasteiger partial charge in [-0.15, -0.1) is 11.3 Å². The molecule has 0 unspecified atom stereocenters. The van der Waals surface area contributed by atoms with Gasteiger partial charge in [-0.1, -0.05) is 0 Å². The lowest BCUT2D eigenvalue weighted by atomic mass is 9.82. The third-order valence-electron chi connectivity index (χ3n) is 6.81. The Labute approximate surface area is 212 Å². The van der Waals surface area contributed by atoms with E-state index < -0.39 is 29.2 Å². The Kier molecular flexibility index (Phi) is 7.10. The van der Waals surface area contributed by atoms with Gasteiger partial charge in [-0.2, -0.15) is 0 Å². The number of rotatable bonds is 6. The van der Waals surface area contributed by atoms with Crippen molar-refractivity contribution in [3.63, 3.8) is 0 Å². The van der Waals surface area contributed by atoms with Gasteiger partial charge < -0.3 is 20.3 Å². The number of aromatic nitrogens is 2. The molecule has 0 aliphatic heterocycles. The molecule has 2 amide bonds. The molecular weight excluding hydrogens is 483 g/mol. The number of aryl methyl sites for hydroxylation is 1. The predicted molar refractivity (Wildman–Crippen MR) is 136 cm³/mol. The number of anilines is 1. The number of ketones is 1. The average Bonchev–Trinajstić information content (AvgIpc) is 3.44. The smallest absolute Gasteiger partial charge is 0.294 e. The van der Waals surface area contributed by atoms with Gasteiger partial charge in [0.25, 0.3) is 17.6 Å². The number of nitrogens with zero attached hydrogens (tertiary/aromatic N) is 2. The number of aliphatic hydroxyl groups excluding tert-OH is 1. The number of nitrogens with one attached hydrogen (secondary N) is 2. The number of amides is 2. The first-order valence-corrected chi connectivity index (χ1v) is 12.6. The maximum absolute atomic E-state index is 13.7. The first-order valence-electron chi connectivity index (χ1n) is 11.7. The van der Waals surface area contributed by atoms with Crippen LogP contribution in [-0.2, 0) is 11.8 Å². The number of hydrogen-bond donors (Lipinski definition) is 3. The highest BCUT2D eigenvalue weighted by atomic mass is 32.1. The van der Waals surface area contributed by atoms with Crippen molar-refractivity contribution in [2.45, 2.75) is 58.1 Å². The summed E-state index contributed by atoms with van der Waals surface area (Å²) in [5.74, 6) is -2.39. The van der Waals surface area contributed by atoms with Crippen molar-refractivity contribution in [3.05, 3.63) is 58.0 Å². The highest BCUT2D eigenvalue weighted by molar-refractivity contribution is 7.13. The summed E-state index contributed by atoms with van der Waals surface area (Å²) >= 11 is 1.31. The number of hydrogen-bond acceptors (Lipinski definition) is 6. The van der Waals surface area contributed by atoms with Gasteiger partial charge in [0.15, 0.2) is 0 Å². The minimum atomic E-state index is -0.760. The Bertz CT molecular complexity index is 1320. The minimum Gasteiger partial charge on any atom is -0.393 e. The van der Waals surface area contributed by atoms with Crippen LogP contribution in [0.5, 0.6) is 0 Å². The first kappa shape index (κ1) is 25.7. The fraction of sp³-hybridized carbons (Fsp3) is 0.385. The minimum absolute atomic E-state index is 0.0950. The molecule has 1 aliphatic rings. The number of carbonyl (C=O) groups is 3. The van der Waals surface area contributed by atoms with Crippen LogP contribution in [0, 0.1) is 19.7 Å². The van der Waals surface area contributed by atoms with Crippen molar-refractivity contribution >= 4 is 34.6 Å². The second-order valence-electron chi connectivity index (χ2n) is 9.59. The molecule has 10 heteroatoms. The van der Waals surface area contributed by atoms with Crippen LogP contribution in [0.15, 0.2) is 29.8 Å². The monoisotopic (exact) mass is 512 g/mol. The standard InChI is InChI=1S/C26H29FN4O4S/c1-14-13-16(5-6-18(14)27)29-23(34)19-15(2)20(31(4)21(19)25-28-11-12-36-25)22(33)24(35)30-26(3)9-7-17(32)8-10-26/h5-6,11-13,17,32H,7-10H2,1-4H3,(H,29,34)(H,30,35). The molecule has 0 saturated heterocycles. The van der Waals surface area contributed by atoms with Crippen LogP contribution < -0.4 is 10.6 Å². The third kappa shape index (κ3) is 4.96. The highest BCUT2D eigenvalue weighted by Gasteiger charge is 2.36. The van der Waals surface area contributed by atoms with Crippen LogP contribution >= 0.6 is 11.3 Å². The van der Waals surface area contributed by atoms with Gasteiger partial charge in [0.1, 0.15) is 10.8 Å². The van der Waals surface area contributed by atoms with Gasteiger partial charge in [-0.05, 0) is 75.8 Å². The zero-order chi connectivity index (χ0) is 26.2. The fourth-order valence-electron chi connectivity index (χ4n) is 4.74. The SMILES string of the molecule is Cc1cc(NC(=O)c2c(C)c(C(=O)C(=O)NC3(C)CCC(O)CC3)n(C)c2-c2nccs2)ccc1F. The average molecular weight is 513 g/mol. The van der Waals surface area contributed by atoms with E-state index in [9.17, 15) is 23.9 Å². The van der Waals surface area contributed by atoms with Gasteiger partial charge >= 0.3 is 0 Å². The molecule has 0 bridgehead atoms. The first-order chi connectivity index (χ1) is 17.0. The van der Waals surface area contributed by atoms with Crippen molar-refractivity contribution in [2.75, 3.05) is 5.32 Å². The maximum atomic E-state index is 13.7. The lowest BCUT2D eigenvalue weighted by Gasteiger charge is -2.36. The van der Waals surface area contributed by atoms with Crippen molar-refractivity contribution in [3.8, 4) is 10.7 Å². The quantitative estimate of drug-likeness (QED) is 0.339. The Hall–Kier alpha value is -3.37. The molecule has 0 radical (unpaired) electrons. The number of benzene rings is 1. The van der Waals surface area contributed by atoms with Crippen molar-refractivity contribution < 1.29 is 23.9 Å². The fourth-order valence-corrected chi connectivity index (χ4v) is 5.46. The summed E-state index contributed by atoms with van der Waals surface area (Å²) in [4.78, 5) is 44.2. The molecule has 8 nitrogen and oxygen atoms in total. The van der Waals surface area contributed by atoms with Gasteiger partial charge in [0.05, 0.1) is 23.1 Å². The van der Waals surface area contributed by atoms with Crippen LogP contribution in [0.25, 0.3) is 10.7 Å². The second-order valence-corrected chi connectivity index (χ2v) is 10.5. The zero-order valence-electron chi connectivity index (χ0n) is 20.6. The predicted octanol–water partition coefficient (Wildman–Crippen LogP) is 4.15. The van der Waals surface area contributed by atoms with Gasteiger partial charge in [-0.3, -0.25) is 14.4 Å². The number of halogens is 1. The van der Waals surface area contributed by atoms with Crippen molar-refractivity contribution in [2.24, 2.45) is 7.05 Å². The van der Waals surface area contributed by atoms with Crippen LogP contribution in [0.2, 0.25) is 0 Å². The van der Waals surface area contributed by atoms with E-state index in [0.717, 1.165) is 0 Å². The van der Waals surface area contributed by atoms with E-state index in [2.05, 4.69) is 15.6 Å². The van der Waals surface area contributed by atoms with Gasteiger partial charge in [0.2, 0.25) is 0 Å². The summed E-state index contributed by atoms with van der Waals surface area (Å²) in [5, 5.41) is 17.7. The summed E-state index contributed by atoms with van der Waals surface area (Å²) in [6.45, 7) is 5.09. The molecule has 2 heterocycles. The number of carbonyl (C=O) groups excluding carboxylic acids is 3. The Morgan fingerprint density at radius 1 is 1.22 bits per heavy atom. The molecule has 36 heavy (non-hydrogen) atoms. The van der Waals surface area contributed by atoms with Gasteiger partial charge in [-0.25, -0.2) is 9.37 Å². The Morgan fingerprint density at radius 2 is 1.92 bits per heavy atom. The van der Waals surface area contributed by atoms with E-state index in [1.54, 1.807) is 32.5 Å². The van der Waals surface area contributed by atoms with Crippen LogP contribution in [0.4, 0.5) is 10.1 Å². The van der Waals surface area contributed by atoms with Gasteiger partial charge in [0, 0.05) is 29.9 Å². The van der Waals surface area contributed by atoms with Crippen molar-refractivity contribution in [1.82, 2.24) is 14.9 Å².